The van der Waals surface area contributed by atoms with E-state index in [0.717, 1.165) is 6.07 Å². The molecule has 0 N–H and O–H groups in total. The van der Waals surface area contributed by atoms with Crippen LogP contribution in [0.15, 0.2) is 27.4 Å². The number of hydrogen-bond acceptors (Lipinski definition) is 5. The summed E-state index contributed by atoms with van der Waals surface area (Å²) in [4.78, 5) is 17.0. The van der Waals surface area contributed by atoms with Crippen LogP contribution in [-0.4, -0.2) is 27.2 Å². The van der Waals surface area contributed by atoms with Gasteiger partial charge < -0.3 is 4.42 Å². The number of oxazole rings is 1. The largest absolute Gasteiger partial charge is 0.439 e. The van der Waals surface area contributed by atoms with E-state index in [9.17, 15) is 22.0 Å². The highest BCUT2D eigenvalue weighted by Crippen LogP contribution is 2.37. The Morgan fingerprint density at radius 1 is 1.17 bits per heavy atom. The van der Waals surface area contributed by atoms with E-state index in [4.69, 9.17) is 4.42 Å². The number of imidazole rings is 1. The first-order valence-electron chi connectivity index (χ1n) is 8.74. The number of fused-ring (bicyclic) bond motifs is 3. The third kappa shape index (κ3) is 2.58. The molecule has 1 aliphatic rings. The predicted octanol–water partition coefficient (Wildman–Crippen LogP) is 3.60. The van der Waals surface area contributed by atoms with E-state index in [-0.39, 0.29) is 5.89 Å². The number of benzene rings is 2. The Kier molecular flexibility index (Phi) is 4.13. The molecule has 0 radical (unpaired) electrons. The minimum absolute atomic E-state index is 0.0492. The Morgan fingerprint density at radius 2 is 1.87 bits per heavy atom. The van der Waals surface area contributed by atoms with Gasteiger partial charge in [-0.25, -0.2) is 31.4 Å². The van der Waals surface area contributed by atoms with Gasteiger partial charge in [-0.1, -0.05) is 0 Å². The summed E-state index contributed by atoms with van der Waals surface area (Å²) in [5, 5.41) is -0.844. The van der Waals surface area contributed by atoms with Crippen molar-refractivity contribution < 1.29 is 26.0 Å². The van der Waals surface area contributed by atoms with Crippen LogP contribution in [0.25, 0.3) is 27.8 Å². The van der Waals surface area contributed by atoms with Gasteiger partial charge in [-0.2, -0.15) is 3.97 Å². The minimum Gasteiger partial charge on any atom is -0.439 e. The number of rotatable bonds is 3. The van der Waals surface area contributed by atoms with Crippen LogP contribution in [-0.2, 0) is 10.0 Å². The van der Waals surface area contributed by atoms with E-state index in [1.807, 2.05) is 22.6 Å². The van der Waals surface area contributed by atoms with E-state index in [0.29, 0.717) is 25.0 Å². The van der Waals surface area contributed by atoms with Gasteiger partial charge in [0.15, 0.2) is 28.6 Å². The first-order valence-corrected chi connectivity index (χ1v) is 11.3. The second-order valence-electron chi connectivity index (χ2n) is 6.96. The van der Waals surface area contributed by atoms with Crippen molar-refractivity contribution in [2.75, 3.05) is 0 Å². The van der Waals surface area contributed by atoms with Crippen molar-refractivity contribution >= 4 is 54.7 Å². The standard InChI is InChI=1S/C18H11F3IN3O4S/c1-7-23-14-12(20)13(21)15-16(17(14)29-7)25(30(27,28)9-3-4-9)18(26)24(15)11-5-2-8(22)6-10(11)19/h2,5-6,9H,3-4H2,1H3. The summed E-state index contributed by atoms with van der Waals surface area (Å²) in [6.07, 6.45) is 0.642. The van der Waals surface area contributed by atoms with Gasteiger partial charge in [0.1, 0.15) is 16.9 Å². The van der Waals surface area contributed by atoms with Crippen LogP contribution in [0.4, 0.5) is 13.2 Å². The molecule has 0 saturated heterocycles. The Hall–Kier alpha value is -2.35. The molecule has 0 unspecified atom stereocenters. The van der Waals surface area contributed by atoms with Crippen LogP contribution in [0, 0.1) is 27.9 Å². The fourth-order valence-corrected chi connectivity index (χ4v) is 5.67. The van der Waals surface area contributed by atoms with Crippen molar-refractivity contribution in [3.05, 3.63) is 55.6 Å². The molecule has 4 aromatic rings. The third-order valence-corrected chi connectivity index (χ3v) is 7.76. The highest BCUT2D eigenvalue weighted by Gasteiger charge is 2.42. The Balaban J connectivity index is 2.07. The molecule has 0 spiro atoms. The zero-order valence-electron chi connectivity index (χ0n) is 15.1. The monoisotopic (exact) mass is 549 g/mol. The van der Waals surface area contributed by atoms with Gasteiger partial charge in [0.05, 0.1) is 10.9 Å². The van der Waals surface area contributed by atoms with E-state index >= 15 is 4.39 Å². The molecule has 12 heteroatoms. The van der Waals surface area contributed by atoms with Crippen molar-refractivity contribution in [2.45, 2.75) is 25.0 Å². The lowest BCUT2D eigenvalue weighted by Crippen LogP contribution is -2.31. The van der Waals surface area contributed by atoms with Crippen LogP contribution in [0.2, 0.25) is 0 Å². The molecule has 1 aliphatic carbocycles. The first kappa shape index (κ1) is 19.6. The summed E-state index contributed by atoms with van der Waals surface area (Å²) in [6, 6.07) is 3.74. The van der Waals surface area contributed by atoms with Crippen LogP contribution in [0.5, 0.6) is 0 Å². The second kappa shape index (κ2) is 6.33. The fraction of sp³-hybridized carbons (Fsp3) is 0.222. The van der Waals surface area contributed by atoms with Gasteiger partial charge in [-0.3, -0.25) is 4.57 Å². The van der Waals surface area contributed by atoms with Gasteiger partial charge in [0.2, 0.25) is 10.0 Å². The molecule has 1 fully saturated rings. The highest BCUT2D eigenvalue weighted by atomic mass is 127. The maximum absolute atomic E-state index is 15.1. The van der Waals surface area contributed by atoms with E-state index in [2.05, 4.69) is 4.98 Å². The van der Waals surface area contributed by atoms with Gasteiger partial charge >= 0.3 is 5.69 Å². The maximum Gasteiger partial charge on any atom is 0.348 e. The van der Waals surface area contributed by atoms with E-state index in [1.54, 1.807) is 0 Å². The van der Waals surface area contributed by atoms with E-state index in [1.165, 1.54) is 19.1 Å². The molecule has 5 rings (SSSR count). The van der Waals surface area contributed by atoms with Gasteiger partial charge in [0, 0.05) is 10.5 Å². The Morgan fingerprint density at radius 3 is 2.50 bits per heavy atom. The summed E-state index contributed by atoms with van der Waals surface area (Å²) in [5.41, 5.74) is -3.82. The fourth-order valence-electron chi connectivity index (χ4n) is 3.47. The van der Waals surface area contributed by atoms with Crippen molar-refractivity contribution in [3.63, 3.8) is 0 Å². The van der Waals surface area contributed by atoms with Crippen LogP contribution >= 0.6 is 22.6 Å². The lowest BCUT2D eigenvalue weighted by atomic mass is 10.2. The molecule has 0 aliphatic heterocycles. The number of hydrogen-bond donors (Lipinski definition) is 0. The summed E-state index contributed by atoms with van der Waals surface area (Å²) in [5.74, 6) is -3.90. The van der Waals surface area contributed by atoms with Crippen molar-refractivity contribution in [2.24, 2.45) is 0 Å². The normalized spacial score (nSPS) is 14.8. The zero-order chi connectivity index (χ0) is 21.5. The minimum atomic E-state index is -4.26. The topological polar surface area (TPSA) is 87.1 Å². The average molecular weight is 549 g/mol. The molecular weight excluding hydrogens is 538 g/mol. The summed E-state index contributed by atoms with van der Waals surface area (Å²) < 4.78 is 77.4. The molecule has 0 bridgehead atoms. The van der Waals surface area contributed by atoms with Crippen molar-refractivity contribution in [3.8, 4) is 5.69 Å². The number of aromatic nitrogens is 3. The maximum atomic E-state index is 15.1. The summed E-state index contributed by atoms with van der Waals surface area (Å²) in [6.45, 7) is 1.37. The SMILES string of the molecule is Cc1nc2c(F)c(F)c3c(c2o1)n(S(=O)(=O)C1CC1)c(=O)n3-c1ccc(I)cc1F. The van der Waals surface area contributed by atoms with E-state index < -0.39 is 66.2 Å². The van der Waals surface area contributed by atoms with Crippen LogP contribution in [0.1, 0.15) is 18.7 Å². The molecule has 30 heavy (non-hydrogen) atoms. The number of aryl methyl sites for hydroxylation is 1. The quantitative estimate of drug-likeness (QED) is 0.365. The smallest absolute Gasteiger partial charge is 0.348 e. The molecule has 7 nitrogen and oxygen atoms in total. The van der Waals surface area contributed by atoms with Crippen molar-refractivity contribution in [1.82, 2.24) is 13.5 Å². The molecular formula is C18H11F3IN3O4S. The van der Waals surface area contributed by atoms with Gasteiger partial charge in [-0.15, -0.1) is 0 Å². The lowest BCUT2D eigenvalue weighted by molar-refractivity contribution is 0.519. The molecule has 2 aromatic carbocycles. The number of nitrogens with zero attached hydrogens (tertiary/aromatic N) is 3. The molecule has 2 heterocycles. The molecule has 1 saturated carbocycles. The highest BCUT2D eigenvalue weighted by molar-refractivity contribution is 14.1. The molecule has 0 amide bonds. The van der Waals surface area contributed by atoms with Crippen LogP contribution < -0.4 is 5.69 Å². The molecule has 156 valence electrons. The van der Waals surface area contributed by atoms with Gasteiger partial charge in [-0.05, 0) is 53.6 Å². The third-order valence-electron chi connectivity index (χ3n) is 4.92. The summed E-state index contributed by atoms with van der Waals surface area (Å²) in [7, 11) is -4.26. The zero-order valence-corrected chi connectivity index (χ0v) is 18.1. The Labute approximate surface area is 180 Å². The first-order chi connectivity index (χ1) is 14.1. The van der Waals surface area contributed by atoms with Crippen LogP contribution in [0.3, 0.4) is 0 Å². The Bertz CT molecular complexity index is 1550. The average Bonchev–Trinajstić information content (AvgIpc) is 3.39. The predicted molar refractivity (Wildman–Crippen MR) is 110 cm³/mol. The summed E-state index contributed by atoms with van der Waals surface area (Å²) >= 11 is 1.84. The molecule has 2 aromatic heterocycles. The van der Waals surface area contributed by atoms with Gasteiger partial charge in [0.25, 0.3) is 0 Å². The number of halogens is 4. The second-order valence-corrected chi connectivity index (χ2v) is 10.3. The van der Waals surface area contributed by atoms with Crippen molar-refractivity contribution in [1.29, 1.82) is 0 Å². The lowest BCUT2D eigenvalue weighted by Gasteiger charge is -2.06. The molecule has 0 atom stereocenters.